The summed E-state index contributed by atoms with van der Waals surface area (Å²) >= 11 is 0. The van der Waals surface area contributed by atoms with Gasteiger partial charge in [0.15, 0.2) is 0 Å². The molecule has 2 rings (SSSR count). The third-order valence-corrected chi connectivity index (χ3v) is 2.93. The van der Waals surface area contributed by atoms with Gasteiger partial charge < -0.3 is 4.57 Å². The Morgan fingerprint density at radius 1 is 1.26 bits per heavy atom. The molecule has 0 saturated heterocycles. The van der Waals surface area contributed by atoms with E-state index in [0.717, 1.165) is 12.1 Å². The molecule has 1 aromatic carbocycles. The summed E-state index contributed by atoms with van der Waals surface area (Å²) < 4.78 is 28.7. The number of imidazole rings is 1. The zero-order valence-electron chi connectivity index (χ0n) is 10.6. The van der Waals surface area contributed by atoms with Gasteiger partial charge in [-0.2, -0.15) is 0 Å². The molecule has 2 aromatic rings. The monoisotopic (exact) mass is 264 g/mol. The number of benzene rings is 1. The van der Waals surface area contributed by atoms with Gasteiger partial charge in [-0.1, -0.05) is 6.07 Å². The largest absolute Gasteiger partial charge is 0.335 e. The minimum Gasteiger partial charge on any atom is -0.335 e. The zero-order valence-corrected chi connectivity index (χ0v) is 10.6. The van der Waals surface area contributed by atoms with Crippen LogP contribution < -0.4 is 0 Å². The molecule has 0 unspecified atom stereocenters. The van der Waals surface area contributed by atoms with E-state index < -0.39 is 11.6 Å². The van der Waals surface area contributed by atoms with Crippen molar-refractivity contribution in [3.63, 3.8) is 0 Å². The minimum atomic E-state index is -0.688. The number of nitrogens with zero attached hydrogens (tertiary/aromatic N) is 2. The van der Waals surface area contributed by atoms with Crippen LogP contribution in [-0.4, -0.2) is 15.3 Å². The van der Waals surface area contributed by atoms with Gasteiger partial charge in [0.2, 0.25) is 0 Å². The summed E-state index contributed by atoms with van der Waals surface area (Å²) in [5, 5.41) is 0. The molecule has 0 saturated carbocycles. The predicted molar refractivity (Wildman–Crippen MR) is 66.7 cm³/mol. The number of Topliss-reactive ketones (excluding diaryl/α,β-unsaturated/α-hetero) is 1. The van der Waals surface area contributed by atoms with Gasteiger partial charge in [0.05, 0.1) is 6.42 Å². The van der Waals surface area contributed by atoms with E-state index in [0.29, 0.717) is 12.4 Å². The molecule has 0 aliphatic rings. The fourth-order valence-electron chi connectivity index (χ4n) is 1.93. The number of carbonyl (C=O) groups excluding carboxylic acids is 1. The van der Waals surface area contributed by atoms with Gasteiger partial charge in [-0.15, -0.1) is 0 Å². The molecule has 100 valence electrons. The molecule has 3 nitrogen and oxygen atoms in total. The molecule has 0 amide bonds. The van der Waals surface area contributed by atoms with Crippen molar-refractivity contribution in [2.24, 2.45) is 0 Å². The summed E-state index contributed by atoms with van der Waals surface area (Å²) in [6, 6.07) is 3.58. The number of rotatable bonds is 5. The van der Waals surface area contributed by atoms with Crippen molar-refractivity contribution < 1.29 is 13.6 Å². The highest BCUT2D eigenvalue weighted by Crippen LogP contribution is 2.14. The van der Waals surface area contributed by atoms with Crippen molar-refractivity contribution in [1.29, 1.82) is 0 Å². The third-order valence-electron chi connectivity index (χ3n) is 2.93. The average Bonchev–Trinajstić information content (AvgIpc) is 2.81. The highest BCUT2D eigenvalue weighted by molar-refractivity contribution is 5.82. The van der Waals surface area contributed by atoms with Crippen LogP contribution in [0.15, 0.2) is 30.6 Å². The van der Waals surface area contributed by atoms with Crippen molar-refractivity contribution in [2.75, 3.05) is 0 Å². The van der Waals surface area contributed by atoms with E-state index in [-0.39, 0.29) is 24.2 Å². The Morgan fingerprint density at radius 2 is 1.95 bits per heavy atom. The first-order chi connectivity index (χ1) is 9.11. The molecule has 0 bridgehead atoms. The lowest BCUT2D eigenvalue weighted by molar-refractivity contribution is -0.118. The standard InChI is InChI=1S/C14H14F2N2O/c1-2-18-7-6-17-14(18)9-10(19)8-11-12(15)4-3-5-13(11)16/h3-7H,2,8-9H2,1H3. The van der Waals surface area contributed by atoms with E-state index in [2.05, 4.69) is 4.98 Å². The Hall–Kier alpha value is -2.04. The number of aromatic nitrogens is 2. The second-order valence-corrected chi connectivity index (χ2v) is 4.22. The smallest absolute Gasteiger partial charge is 0.144 e. The topological polar surface area (TPSA) is 34.9 Å². The van der Waals surface area contributed by atoms with Crippen LogP contribution in [0.5, 0.6) is 0 Å². The Morgan fingerprint density at radius 3 is 2.58 bits per heavy atom. The summed E-state index contributed by atoms with van der Waals surface area (Å²) in [6.07, 6.45) is 3.20. The van der Waals surface area contributed by atoms with Gasteiger partial charge in [0.1, 0.15) is 23.2 Å². The molecule has 1 heterocycles. The predicted octanol–water partition coefficient (Wildman–Crippen LogP) is 2.54. The van der Waals surface area contributed by atoms with Gasteiger partial charge in [0.25, 0.3) is 0 Å². The summed E-state index contributed by atoms with van der Waals surface area (Å²) in [5.74, 6) is -1.02. The highest BCUT2D eigenvalue weighted by Gasteiger charge is 2.15. The number of ketones is 1. The van der Waals surface area contributed by atoms with Crippen molar-refractivity contribution in [3.8, 4) is 0 Å². The normalized spacial score (nSPS) is 10.7. The second-order valence-electron chi connectivity index (χ2n) is 4.22. The molecule has 0 spiro atoms. The number of aryl methyl sites for hydroxylation is 1. The van der Waals surface area contributed by atoms with Crippen molar-refractivity contribution in [1.82, 2.24) is 9.55 Å². The van der Waals surface area contributed by atoms with Crippen LogP contribution >= 0.6 is 0 Å². The van der Waals surface area contributed by atoms with Crippen LogP contribution in [0, 0.1) is 11.6 Å². The Labute approximate surface area is 109 Å². The number of hydrogen-bond acceptors (Lipinski definition) is 2. The minimum absolute atomic E-state index is 0.0780. The first kappa shape index (κ1) is 13.4. The van der Waals surface area contributed by atoms with Crippen molar-refractivity contribution in [2.45, 2.75) is 26.3 Å². The third kappa shape index (κ3) is 3.05. The SMILES string of the molecule is CCn1ccnc1CC(=O)Cc1c(F)cccc1F. The van der Waals surface area contributed by atoms with E-state index in [1.165, 1.54) is 6.07 Å². The van der Waals surface area contributed by atoms with Crippen LogP contribution in [0.3, 0.4) is 0 Å². The fourth-order valence-corrected chi connectivity index (χ4v) is 1.93. The molecule has 0 aliphatic heterocycles. The molecule has 1 aromatic heterocycles. The Balaban J connectivity index is 2.10. The number of carbonyl (C=O) groups is 1. The summed E-state index contributed by atoms with van der Waals surface area (Å²) in [5.41, 5.74) is -0.179. The second kappa shape index (κ2) is 5.73. The molecule has 0 atom stereocenters. The Kier molecular flexibility index (Phi) is 4.04. The van der Waals surface area contributed by atoms with Gasteiger partial charge in [-0.25, -0.2) is 13.8 Å². The van der Waals surface area contributed by atoms with E-state index in [4.69, 9.17) is 0 Å². The average molecular weight is 264 g/mol. The van der Waals surface area contributed by atoms with Crippen LogP contribution in [0.1, 0.15) is 18.3 Å². The summed E-state index contributed by atoms with van der Waals surface area (Å²) in [6.45, 7) is 2.64. The maximum Gasteiger partial charge on any atom is 0.144 e. The molecule has 0 N–H and O–H groups in total. The van der Waals surface area contributed by atoms with E-state index >= 15 is 0 Å². The van der Waals surface area contributed by atoms with Crippen LogP contribution in [0.2, 0.25) is 0 Å². The van der Waals surface area contributed by atoms with Crippen molar-refractivity contribution in [3.05, 3.63) is 53.6 Å². The molecular formula is C14H14F2N2O. The van der Waals surface area contributed by atoms with E-state index in [1.807, 2.05) is 11.5 Å². The maximum absolute atomic E-state index is 13.4. The highest BCUT2D eigenvalue weighted by atomic mass is 19.1. The number of hydrogen-bond donors (Lipinski definition) is 0. The molecular weight excluding hydrogens is 250 g/mol. The lowest BCUT2D eigenvalue weighted by Gasteiger charge is -2.06. The van der Waals surface area contributed by atoms with Gasteiger partial charge in [-0.05, 0) is 19.1 Å². The lowest BCUT2D eigenvalue weighted by Crippen LogP contribution is -2.13. The summed E-state index contributed by atoms with van der Waals surface area (Å²) in [4.78, 5) is 15.9. The zero-order chi connectivity index (χ0) is 13.8. The lowest BCUT2D eigenvalue weighted by atomic mass is 10.1. The first-order valence-electron chi connectivity index (χ1n) is 6.06. The van der Waals surface area contributed by atoms with E-state index in [9.17, 15) is 13.6 Å². The van der Waals surface area contributed by atoms with Crippen LogP contribution in [-0.2, 0) is 24.2 Å². The van der Waals surface area contributed by atoms with Crippen LogP contribution in [0.4, 0.5) is 8.78 Å². The maximum atomic E-state index is 13.4. The molecule has 19 heavy (non-hydrogen) atoms. The molecule has 0 radical (unpaired) electrons. The Bertz CT molecular complexity index is 573. The van der Waals surface area contributed by atoms with Crippen LogP contribution in [0.25, 0.3) is 0 Å². The molecule has 0 fully saturated rings. The van der Waals surface area contributed by atoms with Gasteiger partial charge in [-0.3, -0.25) is 4.79 Å². The molecule has 5 heteroatoms. The number of halogens is 2. The van der Waals surface area contributed by atoms with Gasteiger partial charge in [0, 0.05) is 30.9 Å². The van der Waals surface area contributed by atoms with Crippen molar-refractivity contribution >= 4 is 5.78 Å². The molecule has 0 aliphatic carbocycles. The first-order valence-corrected chi connectivity index (χ1v) is 6.06. The van der Waals surface area contributed by atoms with E-state index in [1.54, 1.807) is 12.4 Å². The summed E-state index contributed by atoms with van der Waals surface area (Å²) in [7, 11) is 0. The van der Waals surface area contributed by atoms with Gasteiger partial charge >= 0.3 is 0 Å². The fraction of sp³-hybridized carbons (Fsp3) is 0.286. The quantitative estimate of drug-likeness (QED) is 0.831.